The van der Waals surface area contributed by atoms with E-state index in [1.54, 1.807) is 18.0 Å². The second-order valence-corrected chi connectivity index (χ2v) is 9.97. The molecule has 164 valence electrons. The first-order valence-electron chi connectivity index (χ1n) is 10.4. The van der Waals surface area contributed by atoms with E-state index in [1.807, 2.05) is 48.5 Å². The fourth-order valence-electron chi connectivity index (χ4n) is 3.57. The highest BCUT2D eigenvalue weighted by Gasteiger charge is 2.18. The van der Waals surface area contributed by atoms with Gasteiger partial charge >= 0.3 is 0 Å². The lowest BCUT2D eigenvalue weighted by atomic mass is 10.2. The second kappa shape index (κ2) is 9.62. The number of hydrogen-bond acceptors (Lipinski definition) is 6. The van der Waals surface area contributed by atoms with Crippen LogP contribution in [0.1, 0.15) is 24.1 Å². The van der Waals surface area contributed by atoms with Gasteiger partial charge < -0.3 is 4.74 Å². The Labute approximate surface area is 198 Å². The third kappa shape index (κ3) is 4.68. The molecule has 9 heteroatoms. The van der Waals surface area contributed by atoms with Crippen molar-refractivity contribution in [3.63, 3.8) is 0 Å². The molecule has 1 aliphatic heterocycles. The summed E-state index contributed by atoms with van der Waals surface area (Å²) in [5, 5.41) is 4.59. The summed E-state index contributed by atoms with van der Waals surface area (Å²) >= 11 is 9.11. The molecule has 0 saturated carbocycles. The number of thioether (sulfide) groups is 1. The molecule has 4 aromatic rings. The van der Waals surface area contributed by atoms with Crippen LogP contribution in [0.25, 0.3) is 15.3 Å². The predicted molar refractivity (Wildman–Crippen MR) is 132 cm³/mol. The molecule has 0 radical (unpaired) electrons. The van der Waals surface area contributed by atoms with Crippen molar-refractivity contribution >= 4 is 51.1 Å². The van der Waals surface area contributed by atoms with Gasteiger partial charge in [-0.1, -0.05) is 35.1 Å². The number of aromatic nitrogens is 3. The molecule has 2 aromatic carbocycles. The van der Waals surface area contributed by atoms with Crippen LogP contribution in [0.4, 0.5) is 0 Å². The van der Waals surface area contributed by atoms with Gasteiger partial charge in [-0.15, -0.1) is 11.8 Å². The molecule has 3 heterocycles. The molecule has 0 amide bonds. The molecular formula is C23H21ClN4O2S2. The lowest BCUT2D eigenvalue weighted by Crippen LogP contribution is -2.17. The van der Waals surface area contributed by atoms with Crippen LogP contribution < -0.4 is 5.56 Å². The van der Waals surface area contributed by atoms with Crippen molar-refractivity contribution < 1.29 is 4.74 Å². The van der Waals surface area contributed by atoms with Gasteiger partial charge in [-0.3, -0.25) is 14.9 Å². The number of para-hydroxylation sites is 1. The number of nitrogens with zero attached hydrogens (tertiary/aromatic N) is 3. The summed E-state index contributed by atoms with van der Waals surface area (Å²) in [4.78, 5) is 23.5. The van der Waals surface area contributed by atoms with Crippen molar-refractivity contribution in [2.45, 2.75) is 29.6 Å². The molecule has 2 aromatic heterocycles. The van der Waals surface area contributed by atoms with Crippen molar-refractivity contribution in [1.29, 1.82) is 0 Å². The van der Waals surface area contributed by atoms with E-state index in [0.29, 0.717) is 28.0 Å². The zero-order chi connectivity index (χ0) is 21.9. The Hall–Kier alpha value is -2.39. The number of ether oxygens (including phenoxy) is 1. The second-order valence-electron chi connectivity index (χ2n) is 7.48. The molecule has 6 nitrogen and oxygen atoms in total. The molecule has 0 unspecified atom stereocenters. The molecule has 0 aliphatic carbocycles. The summed E-state index contributed by atoms with van der Waals surface area (Å²) in [5.41, 5.74) is 2.10. The van der Waals surface area contributed by atoms with Gasteiger partial charge in [0.2, 0.25) is 5.13 Å². The summed E-state index contributed by atoms with van der Waals surface area (Å²) in [7, 11) is 0. The number of thiazole rings is 1. The Morgan fingerprint density at radius 3 is 2.91 bits per heavy atom. The van der Waals surface area contributed by atoms with E-state index in [2.05, 4.69) is 15.1 Å². The predicted octanol–water partition coefficient (Wildman–Crippen LogP) is 5.32. The number of aromatic amines is 1. The monoisotopic (exact) mass is 484 g/mol. The molecule has 1 fully saturated rings. The van der Waals surface area contributed by atoms with Crippen LogP contribution in [0, 0.1) is 0 Å². The van der Waals surface area contributed by atoms with Gasteiger partial charge in [-0.2, -0.15) is 4.68 Å². The molecule has 0 bridgehead atoms. The van der Waals surface area contributed by atoms with Crippen LogP contribution >= 0.6 is 34.7 Å². The van der Waals surface area contributed by atoms with E-state index in [9.17, 15) is 4.79 Å². The lowest BCUT2D eigenvalue weighted by molar-refractivity contribution is 0.118. The van der Waals surface area contributed by atoms with Gasteiger partial charge in [-0.05, 0) is 49.2 Å². The zero-order valence-corrected chi connectivity index (χ0v) is 19.6. The largest absolute Gasteiger partial charge is 0.376 e. The van der Waals surface area contributed by atoms with Gasteiger partial charge in [-0.25, -0.2) is 4.98 Å². The first-order chi connectivity index (χ1) is 15.7. The van der Waals surface area contributed by atoms with Gasteiger partial charge in [0.25, 0.3) is 5.56 Å². The number of hydrogen-bond donors (Lipinski definition) is 1. The van der Waals surface area contributed by atoms with Crippen molar-refractivity contribution in [2.75, 3.05) is 13.2 Å². The standard InChI is InChI=1S/C23H21ClN4O2S2/c24-15-7-9-17(10-8-15)31-14-20-18(13-25-12-16-4-3-11-30-16)22(29)28(27-20)23-26-19-5-1-2-6-21(19)32-23/h1-2,5-10,13,16,27H,3-4,11-12,14H2/t16-/m1/s1. The Morgan fingerprint density at radius 1 is 1.28 bits per heavy atom. The Kier molecular flexibility index (Phi) is 6.45. The van der Waals surface area contributed by atoms with Gasteiger partial charge in [0.1, 0.15) is 0 Å². The average molecular weight is 485 g/mol. The minimum atomic E-state index is -0.146. The maximum atomic E-state index is 13.3. The number of H-pyrrole nitrogens is 1. The van der Waals surface area contributed by atoms with Crippen LogP contribution in [0.15, 0.2) is 63.2 Å². The minimum Gasteiger partial charge on any atom is -0.376 e. The molecule has 1 aliphatic rings. The normalized spacial score (nSPS) is 16.5. The Morgan fingerprint density at radius 2 is 2.12 bits per heavy atom. The summed E-state index contributed by atoms with van der Waals surface area (Å²) < 4.78 is 8.21. The molecular weight excluding hydrogens is 464 g/mol. The lowest BCUT2D eigenvalue weighted by Gasteiger charge is -2.04. The number of fused-ring (bicyclic) bond motifs is 1. The van der Waals surface area contributed by atoms with Crippen LogP contribution in [-0.4, -0.2) is 40.2 Å². The quantitative estimate of drug-likeness (QED) is 0.284. The first-order valence-corrected chi connectivity index (χ1v) is 12.5. The third-order valence-electron chi connectivity index (χ3n) is 5.23. The van der Waals surface area contributed by atoms with Crippen LogP contribution in [-0.2, 0) is 10.5 Å². The van der Waals surface area contributed by atoms with E-state index in [-0.39, 0.29) is 11.7 Å². The number of halogens is 1. The van der Waals surface area contributed by atoms with E-state index in [1.165, 1.54) is 16.0 Å². The summed E-state index contributed by atoms with van der Waals surface area (Å²) in [6.07, 6.45) is 3.91. The SMILES string of the molecule is O=c1c(C=NC[C@H]2CCCO2)c(CSc2ccc(Cl)cc2)[nH]n1-c1nc2ccccc2s1. The van der Waals surface area contributed by atoms with Crippen LogP contribution in [0.2, 0.25) is 5.02 Å². The summed E-state index contributed by atoms with van der Waals surface area (Å²) in [6.45, 7) is 1.35. The minimum absolute atomic E-state index is 0.142. The molecule has 1 saturated heterocycles. The first kappa shape index (κ1) is 21.5. The van der Waals surface area contributed by atoms with E-state index < -0.39 is 0 Å². The van der Waals surface area contributed by atoms with Crippen molar-refractivity contribution in [1.82, 2.24) is 14.8 Å². The highest BCUT2D eigenvalue weighted by atomic mass is 35.5. The third-order valence-corrected chi connectivity index (χ3v) is 7.54. The van der Waals surface area contributed by atoms with Crippen LogP contribution in [0.3, 0.4) is 0 Å². The topological polar surface area (TPSA) is 72.3 Å². The van der Waals surface area contributed by atoms with Crippen LogP contribution in [0.5, 0.6) is 0 Å². The molecule has 1 N–H and O–H groups in total. The van der Waals surface area contributed by atoms with Gasteiger partial charge in [0.05, 0.1) is 34.1 Å². The van der Waals surface area contributed by atoms with Gasteiger partial charge in [0.15, 0.2) is 0 Å². The molecule has 1 atom stereocenters. The number of rotatable bonds is 7. The maximum absolute atomic E-state index is 13.3. The maximum Gasteiger partial charge on any atom is 0.282 e. The van der Waals surface area contributed by atoms with E-state index in [0.717, 1.165) is 40.3 Å². The molecule has 0 spiro atoms. The summed E-state index contributed by atoms with van der Waals surface area (Å²) in [5.74, 6) is 0.593. The van der Waals surface area contributed by atoms with Crippen molar-refractivity contribution in [2.24, 2.45) is 4.99 Å². The number of benzene rings is 2. The highest BCUT2D eigenvalue weighted by Crippen LogP contribution is 2.26. The highest BCUT2D eigenvalue weighted by molar-refractivity contribution is 7.98. The molecule has 32 heavy (non-hydrogen) atoms. The van der Waals surface area contributed by atoms with Crippen molar-refractivity contribution in [3.05, 3.63) is 75.2 Å². The Balaban J connectivity index is 1.46. The number of aliphatic imine (C=N–C) groups is 1. The summed E-state index contributed by atoms with van der Waals surface area (Å²) in [6, 6.07) is 15.5. The van der Waals surface area contributed by atoms with E-state index >= 15 is 0 Å². The fraction of sp³-hybridized carbons (Fsp3) is 0.261. The van der Waals surface area contributed by atoms with E-state index in [4.69, 9.17) is 16.3 Å². The Bertz CT molecular complexity index is 1270. The smallest absolute Gasteiger partial charge is 0.282 e. The average Bonchev–Trinajstić information content (AvgIpc) is 3.53. The zero-order valence-electron chi connectivity index (χ0n) is 17.2. The van der Waals surface area contributed by atoms with Crippen molar-refractivity contribution in [3.8, 4) is 5.13 Å². The fourth-order valence-corrected chi connectivity index (χ4v) is 5.48. The molecule has 5 rings (SSSR count). The number of nitrogens with one attached hydrogen (secondary N) is 1. The van der Waals surface area contributed by atoms with Gasteiger partial charge in [0, 0.05) is 28.5 Å².